The van der Waals surface area contributed by atoms with Gasteiger partial charge in [0.15, 0.2) is 0 Å². The van der Waals surface area contributed by atoms with Gasteiger partial charge in [0.05, 0.1) is 6.10 Å². The van der Waals surface area contributed by atoms with Gasteiger partial charge in [-0.2, -0.15) is 0 Å². The summed E-state index contributed by atoms with van der Waals surface area (Å²) in [4.78, 5) is 0. The summed E-state index contributed by atoms with van der Waals surface area (Å²) in [6, 6.07) is 8.39. The molecule has 0 heterocycles. The van der Waals surface area contributed by atoms with Gasteiger partial charge >= 0.3 is 0 Å². The van der Waals surface area contributed by atoms with Crippen molar-refractivity contribution in [3.8, 4) is 0 Å². The summed E-state index contributed by atoms with van der Waals surface area (Å²) in [5, 5.41) is 0. The predicted octanol–water partition coefficient (Wildman–Crippen LogP) is 1.78. The van der Waals surface area contributed by atoms with E-state index in [-0.39, 0.29) is 12.1 Å². The zero-order valence-corrected chi connectivity index (χ0v) is 7.16. The molecule has 1 aromatic rings. The summed E-state index contributed by atoms with van der Waals surface area (Å²) in [6.07, 6.45) is 1.12. The zero-order chi connectivity index (χ0) is 8.55. The fourth-order valence-electron chi connectivity index (χ4n) is 1.85. The SMILES string of the molecule is CO[C@H]1C[C@@H](N)c2ccccc21. The van der Waals surface area contributed by atoms with Crippen molar-refractivity contribution in [1.29, 1.82) is 0 Å². The van der Waals surface area contributed by atoms with E-state index < -0.39 is 0 Å². The Morgan fingerprint density at radius 2 is 2.00 bits per heavy atom. The van der Waals surface area contributed by atoms with E-state index in [4.69, 9.17) is 10.5 Å². The molecule has 0 amide bonds. The molecule has 0 radical (unpaired) electrons. The molecule has 2 heteroatoms. The molecule has 0 aromatic heterocycles. The maximum absolute atomic E-state index is 5.93. The van der Waals surface area contributed by atoms with E-state index in [1.54, 1.807) is 7.11 Å². The van der Waals surface area contributed by atoms with Gasteiger partial charge in [0.2, 0.25) is 0 Å². The lowest BCUT2D eigenvalue weighted by atomic mass is 10.1. The molecule has 1 aliphatic carbocycles. The molecule has 0 saturated heterocycles. The highest BCUT2D eigenvalue weighted by Gasteiger charge is 2.27. The van der Waals surface area contributed by atoms with E-state index in [1.807, 2.05) is 12.1 Å². The Hall–Kier alpha value is -0.860. The second-order valence-corrected chi connectivity index (χ2v) is 3.20. The lowest BCUT2D eigenvalue weighted by Gasteiger charge is -2.07. The standard InChI is InChI=1S/C10H13NO/c1-12-10-6-9(11)7-4-2-3-5-8(7)10/h2-5,9-10H,6,11H2,1H3/t9-,10+/m1/s1. The summed E-state index contributed by atoms with van der Waals surface area (Å²) in [5.74, 6) is 0. The van der Waals surface area contributed by atoms with Crippen molar-refractivity contribution in [3.63, 3.8) is 0 Å². The van der Waals surface area contributed by atoms with E-state index >= 15 is 0 Å². The van der Waals surface area contributed by atoms with Crippen molar-refractivity contribution in [1.82, 2.24) is 0 Å². The molecular formula is C10H13NO. The van der Waals surface area contributed by atoms with E-state index in [0.717, 1.165) is 6.42 Å². The predicted molar refractivity (Wildman–Crippen MR) is 47.7 cm³/mol. The minimum absolute atomic E-state index is 0.158. The van der Waals surface area contributed by atoms with Gasteiger partial charge in [0, 0.05) is 13.2 Å². The van der Waals surface area contributed by atoms with Gasteiger partial charge in [0.25, 0.3) is 0 Å². The average molecular weight is 163 g/mol. The fraction of sp³-hybridized carbons (Fsp3) is 0.400. The zero-order valence-electron chi connectivity index (χ0n) is 7.16. The van der Waals surface area contributed by atoms with Crippen LogP contribution >= 0.6 is 0 Å². The molecule has 2 nitrogen and oxygen atoms in total. The highest BCUT2D eigenvalue weighted by Crippen LogP contribution is 2.38. The second-order valence-electron chi connectivity index (χ2n) is 3.20. The molecule has 2 atom stereocenters. The lowest BCUT2D eigenvalue weighted by molar-refractivity contribution is 0.101. The van der Waals surface area contributed by atoms with Crippen LogP contribution in [0.15, 0.2) is 24.3 Å². The van der Waals surface area contributed by atoms with E-state index in [9.17, 15) is 0 Å². The highest BCUT2D eigenvalue weighted by molar-refractivity contribution is 5.36. The molecule has 0 fully saturated rings. The van der Waals surface area contributed by atoms with Crippen molar-refractivity contribution in [3.05, 3.63) is 35.4 Å². The Morgan fingerprint density at radius 3 is 2.67 bits per heavy atom. The molecule has 2 rings (SSSR count). The number of nitrogens with two attached hydrogens (primary N) is 1. The first kappa shape index (κ1) is 7.77. The fourth-order valence-corrected chi connectivity index (χ4v) is 1.85. The molecule has 12 heavy (non-hydrogen) atoms. The van der Waals surface area contributed by atoms with Gasteiger partial charge in [-0.3, -0.25) is 0 Å². The Bertz CT molecular complexity index is 285. The van der Waals surface area contributed by atoms with Crippen LogP contribution in [0.25, 0.3) is 0 Å². The van der Waals surface area contributed by atoms with Crippen LogP contribution in [0.3, 0.4) is 0 Å². The quantitative estimate of drug-likeness (QED) is 0.684. The molecule has 0 unspecified atom stereocenters. The van der Waals surface area contributed by atoms with Gasteiger partial charge < -0.3 is 10.5 Å². The van der Waals surface area contributed by atoms with Crippen LogP contribution in [0.2, 0.25) is 0 Å². The minimum Gasteiger partial charge on any atom is -0.377 e. The molecule has 0 aliphatic heterocycles. The number of rotatable bonds is 1. The van der Waals surface area contributed by atoms with Crippen LogP contribution < -0.4 is 5.73 Å². The molecule has 2 N–H and O–H groups in total. The lowest BCUT2D eigenvalue weighted by Crippen LogP contribution is -2.05. The Labute approximate surface area is 72.3 Å². The summed E-state index contributed by atoms with van der Waals surface area (Å²) >= 11 is 0. The van der Waals surface area contributed by atoms with Gasteiger partial charge in [-0.05, 0) is 17.5 Å². The van der Waals surface area contributed by atoms with Crippen molar-refractivity contribution in [2.75, 3.05) is 7.11 Å². The first-order valence-corrected chi connectivity index (χ1v) is 4.20. The monoisotopic (exact) mass is 163 g/mol. The summed E-state index contributed by atoms with van der Waals surface area (Å²) in [5.41, 5.74) is 8.43. The Morgan fingerprint density at radius 1 is 1.33 bits per heavy atom. The first-order chi connectivity index (χ1) is 5.83. The van der Waals surface area contributed by atoms with E-state index in [2.05, 4.69) is 12.1 Å². The molecule has 0 saturated carbocycles. The molecule has 0 spiro atoms. The Balaban J connectivity index is 2.43. The highest BCUT2D eigenvalue weighted by atomic mass is 16.5. The third kappa shape index (κ3) is 1.04. The summed E-state index contributed by atoms with van der Waals surface area (Å²) in [7, 11) is 1.74. The molecule has 1 aliphatic rings. The van der Waals surface area contributed by atoms with Crippen molar-refractivity contribution in [2.24, 2.45) is 5.73 Å². The smallest absolute Gasteiger partial charge is 0.0842 e. The number of hydrogen-bond donors (Lipinski definition) is 1. The van der Waals surface area contributed by atoms with E-state index in [0.29, 0.717) is 0 Å². The molecule has 1 aromatic carbocycles. The van der Waals surface area contributed by atoms with Crippen LogP contribution in [-0.4, -0.2) is 7.11 Å². The topological polar surface area (TPSA) is 35.2 Å². The van der Waals surface area contributed by atoms with Crippen LogP contribution in [0, 0.1) is 0 Å². The third-order valence-electron chi connectivity index (χ3n) is 2.49. The number of fused-ring (bicyclic) bond motifs is 1. The Kier molecular flexibility index (Phi) is 1.87. The van der Waals surface area contributed by atoms with Crippen molar-refractivity contribution >= 4 is 0 Å². The number of benzene rings is 1. The number of ether oxygens (including phenoxy) is 1. The van der Waals surface area contributed by atoms with E-state index in [1.165, 1.54) is 11.1 Å². The summed E-state index contributed by atoms with van der Waals surface area (Å²) < 4.78 is 5.33. The normalized spacial score (nSPS) is 27.2. The molecular weight excluding hydrogens is 150 g/mol. The van der Waals surface area contributed by atoms with Gasteiger partial charge in [-0.15, -0.1) is 0 Å². The van der Waals surface area contributed by atoms with Crippen LogP contribution in [0.1, 0.15) is 29.7 Å². The second kappa shape index (κ2) is 2.88. The number of hydrogen-bond acceptors (Lipinski definition) is 2. The van der Waals surface area contributed by atoms with Crippen LogP contribution in [0.5, 0.6) is 0 Å². The summed E-state index contributed by atoms with van der Waals surface area (Å²) in [6.45, 7) is 0. The van der Waals surface area contributed by atoms with Crippen molar-refractivity contribution < 1.29 is 4.74 Å². The van der Waals surface area contributed by atoms with Crippen LogP contribution in [0.4, 0.5) is 0 Å². The largest absolute Gasteiger partial charge is 0.377 e. The number of methoxy groups -OCH3 is 1. The maximum Gasteiger partial charge on any atom is 0.0842 e. The first-order valence-electron chi connectivity index (χ1n) is 4.20. The van der Waals surface area contributed by atoms with Gasteiger partial charge in [-0.25, -0.2) is 0 Å². The minimum atomic E-state index is 0.158. The van der Waals surface area contributed by atoms with Gasteiger partial charge in [0.1, 0.15) is 0 Å². The maximum atomic E-state index is 5.93. The third-order valence-corrected chi connectivity index (χ3v) is 2.49. The molecule has 64 valence electrons. The van der Waals surface area contributed by atoms with Gasteiger partial charge in [-0.1, -0.05) is 24.3 Å². The van der Waals surface area contributed by atoms with Crippen molar-refractivity contribution in [2.45, 2.75) is 18.6 Å². The average Bonchev–Trinajstić information content (AvgIpc) is 2.44. The molecule has 0 bridgehead atoms. The van der Waals surface area contributed by atoms with Crippen LogP contribution in [-0.2, 0) is 4.74 Å².